The molecule has 3 rings (SSSR count). The number of nitrogens with one attached hydrogen (secondary N) is 1. The zero-order chi connectivity index (χ0) is 14.7. The summed E-state index contributed by atoms with van der Waals surface area (Å²) in [4.78, 5) is 0. The van der Waals surface area contributed by atoms with Crippen LogP contribution in [0.2, 0.25) is 0 Å². The van der Waals surface area contributed by atoms with Crippen LogP contribution in [0.5, 0.6) is 0 Å². The van der Waals surface area contributed by atoms with Gasteiger partial charge in [-0.25, -0.2) is 0 Å². The molecular formula is C20H31N. The predicted molar refractivity (Wildman–Crippen MR) is 90.6 cm³/mol. The molecule has 21 heavy (non-hydrogen) atoms. The molecule has 0 bridgehead atoms. The Morgan fingerprint density at radius 3 is 2.19 bits per heavy atom. The number of rotatable bonds is 6. The van der Waals surface area contributed by atoms with E-state index in [1.54, 1.807) is 5.56 Å². The molecule has 1 nitrogen and oxygen atoms in total. The van der Waals surface area contributed by atoms with Gasteiger partial charge in [-0.15, -0.1) is 0 Å². The molecule has 0 radical (unpaired) electrons. The summed E-state index contributed by atoms with van der Waals surface area (Å²) in [6.45, 7) is 5.70. The van der Waals surface area contributed by atoms with Gasteiger partial charge in [-0.3, -0.25) is 0 Å². The molecule has 116 valence electrons. The van der Waals surface area contributed by atoms with E-state index in [0.717, 1.165) is 12.5 Å². The van der Waals surface area contributed by atoms with Crippen LogP contribution in [-0.2, 0) is 0 Å². The first-order valence-electron chi connectivity index (χ1n) is 9.12. The Balaban J connectivity index is 1.82. The van der Waals surface area contributed by atoms with E-state index in [9.17, 15) is 0 Å². The molecule has 0 heterocycles. The Bertz CT molecular complexity index is 437. The highest BCUT2D eigenvalue weighted by atomic mass is 14.9. The van der Waals surface area contributed by atoms with Gasteiger partial charge in [0.15, 0.2) is 0 Å². The minimum absolute atomic E-state index is 0.494. The quantitative estimate of drug-likeness (QED) is 0.720. The summed E-state index contributed by atoms with van der Waals surface area (Å²) >= 11 is 0. The van der Waals surface area contributed by atoms with Crippen molar-refractivity contribution in [2.45, 2.75) is 77.2 Å². The van der Waals surface area contributed by atoms with Crippen LogP contribution in [0.3, 0.4) is 0 Å². The van der Waals surface area contributed by atoms with E-state index < -0.39 is 0 Å². The highest BCUT2D eigenvalue weighted by Gasteiger charge is 2.40. The smallest absolute Gasteiger partial charge is 0.0376 e. The minimum atomic E-state index is 0.494. The van der Waals surface area contributed by atoms with E-state index in [1.807, 2.05) is 0 Å². The fourth-order valence-electron chi connectivity index (χ4n) is 4.52. The van der Waals surface area contributed by atoms with Crippen molar-refractivity contribution in [2.75, 3.05) is 6.54 Å². The van der Waals surface area contributed by atoms with Gasteiger partial charge >= 0.3 is 0 Å². The van der Waals surface area contributed by atoms with Crippen molar-refractivity contribution in [1.82, 2.24) is 5.32 Å². The standard InChI is InChI=1S/C20H31N/c1-3-20(14-5-6-15-20)19(21-4-2)18-12-10-17(11-13-18)16-8-7-9-16/h10-13,16,19,21H,3-9,14-15H2,1-2H3. The van der Waals surface area contributed by atoms with Gasteiger partial charge in [0.1, 0.15) is 0 Å². The second kappa shape index (κ2) is 6.52. The van der Waals surface area contributed by atoms with Crippen LogP contribution < -0.4 is 5.32 Å². The van der Waals surface area contributed by atoms with Crippen molar-refractivity contribution in [3.05, 3.63) is 35.4 Å². The van der Waals surface area contributed by atoms with Crippen molar-refractivity contribution in [2.24, 2.45) is 5.41 Å². The summed E-state index contributed by atoms with van der Waals surface area (Å²) in [6, 6.07) is 10.2. The molecule has 1 aromatic rings. The zero-order valence-corrected chi connectivity index (χ0v) is 13.8. The second-order valence-corrected chi connectivity index (χ2v) is 7.21. The summed E-state index contributed by atoms with van der Waals surface area (Å²) in [5.74, 6) is 0.850. The molecule has 1 atom stereocenters. The molecule has 2 saturated carbocycles. The van der Waals surface area contributed by atoms with Gasteiger partial charge in [-0.05, 0) is 61.1 Å². The zero-order valence-electron chi connectivity index (χ0n) is 13.8. The molecule has 2 aliphatic rings. The minimum Gasteiger partial charge on any atom is -0.310 e. The molecule has 1 N–H and O–H groups in total. The molecule has 1 unspecified atom stereocenters. The van der Waals surface area contributed by atoms with E-state index >= 15 is 0 Å². The van der Waals surface area contributed by atoms with Gasteiger partial charge in [-0.1, -0.05) is 57.4 Å². The second-order valence-electron chi connectivity index (χ2n) is 7.21. The highest BCUT2D eigenvalue weighted by molar-refractivity contribution is 5.30. The van der Waals surface area contributed by atoms with E-state index in [1.165, 1.54) is 56.9 Å². The van der Waals surface area contributed by atoms with Crippen LogP contribution in [0.4, 0.5) is 0 Å². The van der Waals surface area contributed by atoms with E-state index in [2.05, 4.69) is 43.4 Å². The molecule has 1 aromatic carbocycles. The van der Waals surface area contributed by atoms with Crippen molar-refractivity contribution in [3.8, 4) is 0 Å². The first kappa shape index (κ1) is 15.1. The Labute approximate surface area is 130 Å². The maximum Gasteiger partial charge on any atom is 0.0376 e. The van der Waals surface area contributed by atoms with E-state index in [4.69, 9.17) is 0 Å². The summed E-state index contributed by atoms with van der Waals surface area (Å²) in [5, 5.41) is 3.81. The molecule has 2 aliphatic carbocycles. The molecule has 2 fully saturated rings. The Morgan fingerprint density at radius 2 is 1.71 bits per heavy atom. The lowest BCUT2D eigenvalue weighted by Gasteiger charge is -2.38. The fraction of sp³-hybridized carbons (Fsp3) is 0.700. The fourth-order valence-corrected chi connectivity index (χ4v) is 4.52. The van der Waals surface area contributed by atoms with Gasteiger partial charge in [0.05, 0.1) is 0 Å². The van der Waals surface area contributed by atoms with Crippen LogP contribution in [0, 0.1) is 5.41 Å². The third-order valence-electron chi connectivity index (χ3n) is 6.17. The SMILES string of the molecule is CCNC(c1ccc(C2CCC2)cc1)C1(CC)CCCC1. The molecular weight excluding hydrogens is 254 g/mol. The third-order valence-corrected chi connectivity index (χ3v) is 6.17. The highest BCUT2D eigenvalue weighted by Crippen LogP contribution is 2.50. The van der Waals surface area contributed by atoms with Gasteiger partial charge in [0.25, 0.3) is 0 Å². The van der Waals surface area contributed by atoms with Crippen molar-refractivity contribution in [1.29, 1.82) is 0 Å². The third kappa shape index (κ3) is 2.90. The molecule has 0 amide bonds. The largest absolute Gasteiger partial charge is 0.310 e. The molecule has 0 aliphatic heterocycles. The average Bonchev–Trinajstić information content (AvgIpc) is 2.94. The van der Waals surface area contributed by atoms with Gasteiger partial charge in [0.2, 0.25) is 0 Å². The monoisotopic (exact) mass is 285 g/mol. The normalized spacial score (nSPS) is 23.0. The van der Waals surface area contributed by atoms with Gasteiger partial charge in [-0.2, -0.15) is 0 Å². The van der Waals surface area contributed by atoms with Gasteiger partial charge in [0, 0.05) is 6.04 Å². The van der Waals surface area contributed by atoms with Crippen LogP contribution in [0.1, 0.15) is 88.3 Å². The lowest BCUT2D eigenvalue weighted by molar-refractivity contribution is 0.189. The molecule has 1 heteroatoms. The summed E-state index contributed by atoms with van der Waals surface area (Å²) in [7, 11) is 0. The van der Waals surface area contributed by atoms with Crippen LogP contribution in [0.25, 0.3) is 0 Å². The van der Waals surface area contributed by atoms with Crippen LogP contribution in [-0.4, -0.2) is 6.54 Å². The first-order valence-corrected chi connectivity index (χ1v) is 9.12. The van der Waals surface area contributed by atoms with Crippen molar-refractivity contribution >= 4 is 0 Å². The predicted octanol–water partition coefficient (Wildman–Crippen LogP) is 5.58. The van der Waals surface area contributed by atoms with Gasteiger partial charge < -0.3 is 5.32 Å². The Morgan fingerprint density at radius 1 is 1.05 bits per heavy atom. The average molecular weight is 285 g/mol. The Kier molecular flexibility index (Phi) is 4.69. The van der Waals surface area contributed by atoms with E-state index in [-0.39, 0.29) is 0 Å². The topological polar surface area (TPSA) is 12.0 Å². The Hall–Kier alpha value is -0.820. The van der Waals surface area contributed by atoms with Crippen molar-refractivity contribution in [3.63, 3.8) is 0 Å². The molecule has 0 spiro atoms. The van der Waals surface area contributed by atoms with Crippen molar-refractivity contribution < 1.29 is 0 Å². The lowest BCUT2D eigenvalue weighted by Crippen LogP contribution is -2.36. The number of benzene rings is 1. The summed E-state index contributed by atoms with van der Waals surface area (Å²) in [5.41, 5.74) is 3.58. The maximum atomic E-state index is 3.81. The van der Waals surface area contributed by atoms with E-state index in [0.29, 0.717) is 11.5 Å². The summed E-state index contributed by atoms with van der Waals surface area (Å²) < 4.78 is 0. The number of hydrogen-bond donors (Lipinski definition) is 1. The summed E-state index contributed by atoms with van der Waals surface area (Å²) in [6.07, 6.45) is 11.1. The molecule has 0 aromatic heterocycles. The lowest BCUT2D eigenvalue weighted by atomic mass is 9.72. The molecule has 0 saturated heterocycles. The number of hydrogen-bond acceptors (Lipinski definition) is 1. The maximum absolute atomic E-state index is 3.81. The van der Waals surface area contributed by atoms with Crippen LogP contribution >= 0.6 is 0 Å². The van der Waals surface area contributed by atoms with Crippen LogP contribution in [0.15, 0.2) is 24.3 Å². The first-order chi connectivity index (χ1) is 10.3.